The molecule has 0 rings (SSSR count). The van der Waals surface area contributed by atoms with Gasteiger partial charge >= 0.3 is 0 Å². The van der Waals surface area contributed by atoms with Crippen LogP contribution < -0.4 is 0 Å². The van der Waals surface area contributed by atoms with Crippen LogP contribution >= 0.6 is 9.47 Å². The number of Topliss-reactive ketones (excluding diaryl/α,β-unsaturated/α-hetero) is 1. The molecule has 0 saturated carbocycles. The van der Waals surface area contributed by atoms with E-state index in [1.165, 1.54) is 57.8 Å². The number of rotatable bonds is 19. The molecule has 0 fully saturated rings. The quantitative estimate of drug-likeness (QED) is 0.183. The average molecular weight is 389 g/mol. The number of aliphatic hydroxyl groups excluding tert-OH is 2. The maximum atomic E-state index is 11.9. The van der Waals surface area contributed by atoms with Crippen LogP contribution in [0.2, 0.25) is 0 Å². The fourth-order valence-electron chi connectivity index (χ4n) is 2.99. The summed E-state index contributed by atoms with van der Waals surface area (Å²) in [7, 11) is 1.99. The van der Waals surface area contributed by atoms with Gasteiger partial charge in [-0.25, -0.2) is 0 Å². The van der Waals surface area contributed by atoms with E-state index in [4.69, 9.17) is 9.63 Å². The number of allylic oxidation sites excluding steroid dienone is 2. The van der Waals surface area contributed by atoms with Crippen molar-refractivity contribution in [2.75, 3.05) is 6.61 Å². The van der Waals surface area contributed by atoms with Crippen LogP contribution in [0.25, 0.3) is 0 Å². The Kier molecular flexibility index (Phi) is 19.3. The smallest absolute Gasteiger partial charge is 0.164 e. The van der Waals surface area contributed by atoms with Crippen molar-refractivity contribution in [2.45, 2.75) is 109 Å². The first-order chi connectivity index (χ1) is 12.7. The summed E-state index contributed by atoms with van der Waals surface area (Å²) in [5.74, 6) is -0.140. The molecule has 2 N–H and O–H groups in total. The van der Waals surface area contributed by atoms with E-state index in [1.54, 1.807) is 0 Å². The van der Waals surface area contributed by atoms with E-state index in [0.717, 1.165) is 25.7 Å². The standard InChI is InChI=1S/C21H41O4P/c1-2-3-4-5-6-7-8-9-10-11-12-13-14-15-16-17-19(23)21(25-26)20(24)18-22/h9-10,20-22,24H,2-8,11-18,26H2,1H3/b10-9-. The first kappa shape index (κ1) is 25.7. The van der Waals surface area contributed by atoms with E-state index < -0.39 is 18.8 Å². The van der Waals surface area contributed by atoms with Crippen molar-refractivity contribution in [1.29, 1.82) is 0 Å². The molecule has 26 heavy (non-hydrogen) atoms. The van der Waals surface area contributed by atoms with Gasteiger partial charge in [0.05, 0.1) is 6.61 Å². The second-order valence-electron chi connectivity index (χ2n) is 7.11. The summed E-state index contributed by atoms with van der Waals surface area (Å²) in [5, 5.41) is 18.4. The van der Waals surface area contributed by atoms with E-state index in [-0.39, 0.29) is 5.78 Å². The fourth-order valence-corrected chi connectivity index (χ4v) is 3.32. The highest BCUT2D eigenvalue weighted by Crippen LogP contribution is 2.13. The van der Waals surface area contributed by atoms with E-state index in [9.17, 15) is 9.90 Å². The fraction of sp³-hybridized carbons (Fsp3) is 0.857. The van der Waals surface area contributed by atoms with Crippen LogP contribution in [-0.4, -0.2) is 34.8 Å². The number of aliphatic hydroxyl groups is 2. The van der Waals surface area contributed by atoms with Gasteiger partial charge in [-0.05, 0) is 32.1 Å². The Morgan fingerprint density at radius 1 is 0.923 bits per heavy atom. The van der Waals surface area contributed by atoms with E-state index in [1.807, 2.05) is 9.47 Å². The third kappa shape index (κ3) is 14.8. The Morgan fingerprint density at radius 2 is 1.42 bits per heavy atom. The molecular weight excluding hydrogens is 347 g/mol. The van der Waals surface area contributed by atoms with Crippen molar-refractivity contribution in [3.05, 3.63) is 12.2 Å². The second-order valence-corrected chi connectivity index (χ2v) is 7.38. The molecule has 5 heteroatoms. The first-order valence-electron chi connectivity index (χ1n) is 10.5. The highest BCUT2D eigenvalue weighted by Gasteiger charge is 2.25. The second kappa shape index (κ2) is 19.5. The van der Waals surface area contributed by atoms with E-state index in [2.05, 4.69) is 19.1 Å². The van der Waals surface area contributed by atoms with Gasteiger partial charge in [0.2, 0.25) is 0 Å². The first-order valence-corrected chi connectivity index (χ1v) is 11.0. The molecule has 3 atom stereocenters. The summed E-state index contributed by atoms with van der Waals surface area (Å²) in [4.78, 5) is 11.9. The maximum Gasteiger partial charge on any atom is 0.164 e. The topological polar surface area (TPSA) is 66.8 Å². The van der Waals surface area contributed by atoms with Gasteiger partial charge in [0.1, 0.15) is 12.2 Å². The maximum absolute atomic E-state index is 11.9. The van der Waals surface area contributed by atoms with Crippen LogP contribution in [0.3, 0.4) is 0 Å². The third-order valence-electron chi connectivity index (χ3n) is 4.69. The molecular formula is C21H41O4P. The Labute approximate surface area is 163 Å². The minimum atomic E-state index is -1.14. The molecule has 0 aromatic rings. The van der Waals surface area contributed by atoms with E-state index >= 15 is 0 Å². The Morgan fingerprint density at radius 3 is 1.92 bits per heavy atom. The predicted molar refractivity (Wildman–Crippen MR) is 112 cm³/mol. The highest BCUT2D eigenvalue weighted by molar-refractivity contribution is 7.09. The predicted octanol–water partition coefficient (Wildman–Crippen LogP) is 5.12. The number of carbonyl (C=O) groups is 1. The summed E-state index contributed by atoms with van der Waals surface area (Å²) in [6.07, 6.45) is 18.9. The van der Waals surface area contributed by atoms with Crippen LogP contribution in [0.4, 0.5) is 0 Å². The summed E-state index contributed by atoms with van der Waals surface area (Å²) >= 11 is 0. The zero-order valence-corrected chi connectivity index (χ0v) is 17.9. The van der Waals surface area contributed by atoms with Gasteiger partial charge in [-0.1, -0.05) is 70.4 Å². The lowest BCUT2D eigenvalue weighted by molar-refractivity contribution is -0.131. The summed E-state index contributed by atoms with van der Waals surface area (Å²) in [6, 6.07) is 0. The molecule has 0 aliphatic carbocycles. The molecule has 0 saturated heterocycles. The molecule has 0 radical (unpaired) electrons. The number of unbranched alkanes of at least 4 members (excludes halogenated alkanes) is 11. The van der Waals surface area contributed by atoms with E-state index in [0.29, 0.717) is 6.42 Å². The van der Waals surface area contributed by atoms with Crippen molar-refractivity contribution in [3.8, 4) is 0 Å². The SMILES string of the molecule is CCCCCCCC/C=C\CCCCCCCC(=O)C(OP)C(O)CO. The lowest BCUT2D eigenvalue weighted by Crippen LogP contribution is -2.36. The number of carbonyl (C=O) groups excluding carboxylic acids is 1. The van der Waals surface area contributed by atoms with Crippen LogP contribution in [-0.2, 0) is 9.32 Å². The summed E-state index contributed by atoms with van der Waals surface area (Å²) in [6.45, 7) is 1.79. The number of ketones is 1. The largest absolute Gasteiger partial charge is 0.394 e. The minimum absolute atomic E-state index is 0.140. The molecule has 0 bridgehead atoms. The van der Waals surface area contributed by atoms with Gasteiger partial charge in [0, 0.05) is 15.9 Å². The molecule has 0 spiro atoms. The average Bonchev–Trinajstić information content (AvgIpc) is 2.65. The summed E-state index contributed by atoms with van der Waals surface area (Å²) in [5.41, 5.74) is 0. The highest BCUT2D eigenvalue weighted by atomic mass is 31.0. The molecule has 3 unspecified atom stereocenters. The van der Waals surface area contributed by atoms with Gasteiger partial charge < -0.3 is 14.7 Å². The van der Waals surface area contributed by atoms with Crippen LogP contribution in [0.1, 0.15) is 96.8 Å². The van der Waals surface area contributed by atoms with Crippen molar-refractivity contribution in [1.82, 2.24) is 0 Å². The van der Waals surface area contributed by atoms with Crippen LogP contribution in [0.5, 0.6) is 0 Å². The minimum Gasteiger partial charge on any atom is -0.394 e. The van der Waals surface area contributed by atoms with Gasteiger partial charge in [-0.15, -0.1) is 0 Å². The Balaban J connectivity index is 3.42. The molecule has 0 aliphatic rings. The van der Waals surface area contributed by atoms with Crippen molar-refractivity contribution < 1.29 is 19.5 Å². The number of hydrogen-bond donors (Lipinski definition) is 2. The molecule has 0 aromatic heterocycles. The normalized spacial score (nSPS) is 14.0. The molecule has 4 nitrogen and oxygen atoms in total. The van der Waals surface area contributed by atoms with Crippen molar-refractivity contribution >= 4 is 15.2 Å². The lowest BCUT2D eigenvalue weighted by atomic mass is 10.0. The van der Waals surface area contributed by atoms with Gasteiger partial charge in [-0.2, -0.15) is 0 Å². The van der Waals surface area contributed by atoms with Gasteiger partial charge in [0.15, 0.2) is 5.78 Å². The van der Waals surface area contributed by atoms with Gasteiger partial charge in [-0.3, -0.25) is 4.79 Å². The molecule has 0 aromatic carbocycles. The molecule has 0 amide bonds. The Hall–Kier alpha value is -0.280. The van der Waals surface area contributed by atoms with Crippen molar-refractivity contribution in [2.24, 2.45) is 0 Å². The van der Waals surface area contributed by atoms with Crippen LogP contribution in [0.15, 0.2) is 12.2 Å². The van der Waals surface area contributed by atoms with Gasteiger partial charge in [0.25, 0.3) is 0 Å². The Bertz CT molecular complexity index is 347. The summed E-state index contributed by atoms with van der Waals surface area (Å²) < 4.78 is 4.89. The molecule has 0 aliphatic heterocycles. The zero-order chi connectivity index (χ0) is 19.5. The number of hydrogen-bond acceptors (Lipinski definition) is 4. The van der Waals surface area contributed by atoms with Crippen LogP contribution in [0, 0.1) is 0 Å². The van der Waals surface area contributed by atoms with Crippen molar-refractivity contribution in [3.63, 3.8) is 0 Å². The lowest BCUT2D eigenvalue weighted by Gasteiger charge is -2.18. The zero-order valence-electron chi connectivity index (χ0n) is 16.7. The molecule has 154 valence electrons. The third-order valence-corrected chi connectivity index (χ3v) is 4.98. The molecule has 0 heterocycles. The monoisotopic (exact) mass is 388 g/mol.